The van der Waals surface area contributed by atoms with Crippen LogP contribution in [0.2, 0.25) is 10.0 Å². The van der Waals surface area contributed by atoms with Gasteiger partial charge < -0.3 is 10.4 Å². The molecule has 21 heavy (non-hydrogen) atoms. The van der Waals surface area contributed by atoms with E-state index in [1.54, 1.807) is 4.68 Å². The van der Waals surface area contributed by atoms with Crippen LogP contribution in [0.25, 0.3) is 0 Å². The van der Waals surface area contributed by atoms with Gasteiger partial charge in [0.15, 0.2) is 0 Å². The van der Waals surface area contributed by atoms with Crippen LogP contribution < -0.4 is 5.32 Å². The number of aromatic hydroxyl groups is 1. The Kier molecular flexibility index (Phi) is 3.73. The van der Waals surface area contributed by atoms with Crippen molar-refractivity contribution in [2.24, 2.45) is 0 Å². The first kappa shape index (κ1) is 14.2. The lowest BCUT2D eigenvalue weighted by atomic mass is 10.1. The minimum Gasteiger partial charge on any atom is -0.507 e. The summed E-state index contributed by atoms with van der Waals surface area (Å²) in [7, 11) is 0. The Bertz CT molecular complexity index is 678. The summed E-state index contributed by atoms with van der Waals surface area (Å²) in [5, 5.41) is 17.2. The van der Waals surface area contributed by atoms with E-state index in [4.69, 9.17) is 23.2 Å². The number of hydrogen-bond donors (Lipinski definition) is 2. The van der Waals surface area contributed by atoms with Crippen molar-refractivity contribution in [3.8, 4) is 5.75 Å². The normalized spacial score (nSPS) is 17.3. The molecule has 6 nitrogen and oxygen atoms in total. The summed E-state index contributed by atoms with van der Waals surface area (Å²) >= 11 is 11.8. The fourth-order valence-corrected chi connectivity index (χ4v) is 3.01. The van der Waals surface area contributed by atoms with Crippen LogP contribution >= 0.6 is 23.2 Å². The molecule has 2 heterocycles. The molecule has 2 N–H and O–H groups in total. The zero-order valence-electron chi connectivity index (χ0n) is 10.9. The van der Waals surface area contributed by atoms with Crippen molar-refractivity contribution in [2.45, 2.75) is 25.4 Å². The van der Waals surface area contributed by atoms with Crippen LogP contribution in [0.3, 0.4) is 0 Å². The Morgan fingerprint density at radius 1 is 1.43 bits per heavy atom. The van der Waals surface area contributed by atoms with E-state index in [0.717, 1.165) is 19.4 Å². The van der Waals surface area contributed by atoms with Crippen molar-refractivity contribution in [3.63, 3.8) is 0 Å². The highest BCUT2D eigenvalue weighted by molar-refractivity contribution is 6.37. The number of rotatable bonds is 2. The summed E-state index contributed by atoms with van der Waals surface area (Å²) in [5.41, 5.74) is 0.0118. The Morgan fingerprint density at radius 2 is 2.24 bits per heavy atom. The number of hydrogen-bond acceptors (Lipinski definition) is 4. The second kappa shape index (κ2) is 5.54. The molecule has 1 aliphatic heterocycles. The summed E-state index contributed by atoms with van der Waals surface area (Å²) < 4.78 is 1.76. The van der Waals surface area contributed by atoms with Crippen molar-refractivity contribution in [1.29, 1.82) is 0 Å². The highest BCUT2D eigenvalue weighted by Crippen LogP contribution is 2.31. The topological polar surface area (TPSA) is 80.0 Å². The summed E-state index contributed by atoms with van der Waals surface area (Å²) in [4.78, 5) is 16.5. The number of nitrogens with zero attached hydrogens (tertiary/aromatic N) is 3. The van der Waals surface area contributed by atoms with E-state index in [-0.39, 0.29) is 27.4 Å². The van der Waals surface area contributed by atoms with Gasteiger partial charge in [0.25, 0.3) is 5.91 Å². The average Bonchev–Trinajstić information content (AvgIpc) is 2.86. The molecule has 0 spiro atoms. The van der Waals surface area contributed by atoms with Crippen LogP contribution in [0.15, 0.2) is 18.5 Å². The van der Waals surface area contributed by atoms with Gasteiger partial charge in [0.1, 0.15) is 17.9 Å². The Morgan fingerprint density at radius 3 is 3.00 bits per heavy atom. The molecule has 1 aliphatic rings. The van der Waals surface area contributed by atoms with Crippen molar-refractivity contribution in [3.05, 3.63) is 39.9 Å². The van der Waals surface area contributed by atoms with Gasteiger partial charge in [-0.2, -0.15) is 5.10 Å². The standard InChI is InChI=1S/C13H12Cl2N4O2/c14-7-4-8(15)11(10(20)5-7)13(21)18-9-2-1-3-19-12(9)16-6-17-19/h4-6,9,20H,1-3H2,(H,18,21)/t9-/m0/s1. The quantitative estimate of drug-likeness (QED) is 0.888. The van der Waals surface area contributed by atoms with E-state index >= 15 is 0 Å². The summed E-state index contributed by atoms with van der Waals surface area (Å²) in [6.07, 6.45) is 3.12. The first-order valence-electron chi connectivity index (χ1n) is 6.43. The molecule has 0 saturated heterocycles. The van der Waals surface area contributed by atoms with Crippen LogP contribution in [0.5, 0.6) is 5.75 Å². The van der Waals surface area contributed by atoms with E-state index in [9.17, 15) is 9.90 Å². The average molecular weight is 327 g/mol. The minimum absolute atomic E-state index is 0.0118. The maximum absolute atomic E-state index is 12.3. The molecule has 1 amide bonds. The third-order valence-electron chi connectivity index (χ3n) is 3.39. The second-order valence-electron chi connectivity index (χ2n) is 4.79. The lowest BCUT2D eigenvalue weighted by molar-refractivity contribution is 0.0925. The Hall–Kier alpha value is -1.79. The number of benzene rings is 1. The molecule has 0 aliphatic carbocycles. The first-order valence-corrected chi connectivity index (χ1v) is 7.18. The Labute approximate surface area is 130 Å². The molecular weight excluding hydrogens is 315 g/mol. The number of amides is 1. The van der Waals surface area contributed by atoms with Crippen molar-refractivity contribution >= 4 is 29.1 Å². The van der Waals surface area contributed by atoms with Gasteiger partial charge in [-0.15, -0.1) is 0 Å². The van der Waals surface area contributed by atoms with Crippen LogP contribution in [0.4, 0.5) is 0 Å². The number of aryl methyl sites for hydroxylation is 1. The minimum atomic E-state index is -0.462. The predicted molar refractivity (Wildman–Crippen MR) is 77.6 cm³/mol. The van der Waals surface area contributed by atoms with E-state index in [0.29, 0.717) is 5.82 Å². The van der Waals surface area contributed by atoms with Crippen molar-refractivity contribution < 1.29 is 9.90 Å². The molecule has 0 fully saturated rings. The summed E-state index contributed by atoms with van der Waals surface area (Å²) in [6, 6.07) is 2.45. The largest absolute Gasteiger partial charge is 0.507 e. The molecule has 1 atom stereocenters. The van der Waals surface area contributed by atoms with E-state index in [2.05, 4.69) is 15.4 Å². The van der Waals surface area contributed by atoms with E-state index < -0.39 is 5.91 Å². The zero-order valence-corrected chi connectivity index (χ0v) is 12.4. The van der Waals surface area contributed by atoms with Gasteiger partial charge >= 0.3 is 0 Å². The maximum atomic E-state index is 12.3. The number of phenols is 1. The molecule has 8 heteroatoms. The number of fused-ring (bicyclic) bond motifs is 1. The van der Waals surface area contributed by atoms with E-state index in [1.807, 2.05) is 0 Å². The third kappa shape index (κ3) is 2.69. The van der Waals surface area contributed by atoms with Crippen LogP contribution in [-0.2, 0) is 6.54 Å². The van der Waals surface area contributed by atoms with Crippen LogP contribution in [0.1, 0.15) is 35.1 Å². The summed E-state index contributed by atoms with van der Waals surface area (Å²) in [5.74, 6) is -0.00271. The molecule has 2 aromatic rings. The number of halogens is 2. The maximum Gasteiger partial charge on any atom is 0.257 e. The molecule has 1 aromatic carbocycles. The van der Waals surface area contributed by atoms with E-state index in [1.165, 1.54) is 18.5 Å². The highest BCUT2D eigenvalue weighted by Gasteiger charge is 2.26. The Balaban J connectivity index is 1.86. The molecule has 0 saturated carbocycles. The van der Waals surface area contributed by atoms with Gasteiger partial charge in [-0.1, -0.05) is 23.2 Å². The molecule has 1 aromatic heterocycles. The lowest BCUT2D eigenvalue weighted by Crippen LogP contribution is -2.33. The van der Waals surface area contributed by atoms with Gasteiger partial charge in [-0.05, 0) is 25.0 Å². The lowest BCUT2D eigenvalue weighted by Gasteiger charge is -2.23. The number of carbonyl (C=O) groups is 1. The predicted octanol–water partition coefficient (Wildman–Crippen LogP) is 2.56. The molecule has 3 rings (SSSR count). The van der Waals surface area contributed by atoms with Gasteiger partial charge in [0, 0.05) is 11.6 Å². The number of phenolic OH excluding ortho intramolecular Hbond substituents is 1. The molecule has 0 unspecified atom stereocenters. The highest BCUT2D eigenvalue weighted by atomic mass is 35.5. The van der Waals surface area contributed by atoms with Crippen LogP contribution in [0, 0.1) is 0 Å². The summed E-state index contributed by atoms with van der Waals surface area (Å²) in [6.45, 7) is 0.786. The smallest absolute Gasteiger partial charge is 0.257 e. The fraction of sp³-hybridized carbons (Fsp3) is 0.308. The molecule has 0 radical (unpaired) electrons. The van der Waals surface area contributed by atoms with Gasteiger partial charge in [-0.3, -0.25) is 4.79 Å². The van der Waals surface area contributed by atoms with Gasteiger partial charge in [0.2, 0.25) is 0 Å². The zero-order chi connectivity index (χ0) is 15.0. The van der Waals surface area contributed by atoms with Gasteiger partial charge in [-0.25, -0.2) is 9.67 Å². The number of aromatic nitrogens is 3. The fourth-order valence-electron chi connectivity index (χ4n) is 2.44. The SMILES string of the molecule is O=C(N[C@H]1CCCn2ncnc21)c1c(O)cc(Cl)cc1Cl. The second-order valence-corrected chi connectivity index (χ2v) is 5.64. The number of carbonyl (C=O) groups excluding carboxylic acids is 1. The molecule has 0 bridgehead atoms. The molecular formula is C13H12Cl2N4O2. The van der Waals surface area contributed by atoms with Gasteiger partial charge in [0.05, 0.1) is 16.6 Å². The monoisotopic (exact) mass is 326 g/mol. The van der Waals surface area contributed by atoms with Crippen molar-refractivity contribution in [2.75, 3.05) is 0 Å². The molecule has 110 valence electrons. The first-order chi connectivity index (χ1) is 10.1. The van der Waals surface area contributed by atoms with Crippen LogP contribution in [-0.4, -0.2) is 25.8 Å². The number of nitrogens with one attached hydrogen (secondary N) is 1. The van der Waals surface area contributed by atoms with Crippen molar-refractivity contribution in [1.82, 2.24) is 20.1 Å². The third-order valence-corrected chi connectivity index (χ3v) is 3.90.